The van der Waals surface area contributed by atoms with Gasteiger partial charge in [-0.25, -0.2) is 18.1 Å². The molecule has 3 N–H and O–H groups in total. The topological polar surface area (TPSA) is 93.2 Å². The van der Waals surface area contributed by atoms with Crippen LogP contribution in [0.3, 0.4) is 0 Å². The molecular weight excluding hydrogens is 266 g/mol. The normalized spacial score (nSPS) is 21.1. The lowest BCUT2D eigenvalue weighted by atomic mass is 10.2. The van der Waals surface area contributed by atoms with Gasteiger partial charge in [-0.2, -0.15) is 0 Å². The highest BCUT2D eigenvalue weighted by molar-refractivity contribution is 7.89. The van der Waals surface area contributed by atoms with E-state index in [9.17, 15) is 8.42 Å². The van der Waals surface area contributed by atoms with Gasteiger partial charge in [0, 0.05) is 19.6 Å². The van der Waals surface area contributed by atoms with E-state index in [2.05, 4.69) is 21.5 Å². The number of aryl methyl sites for hydroxylation is 1. The molecule has 1 atom stereocenters. The van der Waals surface area contributed by atoms with Crippen molar-refractivity contribution in [2.45, 2.75) is 30.8 Å². The Balaban J connectivity index is 2.06. The number of nitrogen functional groups attached to an aromatic ring is 1. The molecule has 0 aromatic carbocycles. The van der Waals surface area contributed by atoms with Gasteiger partial charge >= 0.3 is 0 Å². The van der Waals surface area contributed by atoms with E-state index in [1.165, 1.54) is 10.9 Å². The minimum absolute atomic E-state index is 0.0357. The Bertz CT molecular complexity index is 520. The van der Waals surface area contributed by atoms with Crippen LogP contribution >= 0.6 is 0 Å². The molecule has 1 aromatic heterocycles. The molecular formula is C11H21N5O2S. The Morgan fingerprint density at radius 2 is 2.32 bits per heavy atom. The molecule has 1 aliphatic heterocycles. The van der Waals surface area contributed by atoms with E-state index < -0.39 is 10.0 Å². The van der Waals surface area contributed by atoms with Crippen LogP contribution in [0, 0.1) is 0 Å². The Hall–Kier alpha value is -1.12. The minimum atomic E-state index is -3.60. The summed E-state index contributed by atoms with van der Waals surface area (Å²) in [4.78, 5) is 6.09. The molecule has 0 aliphatic carbocycles. The second kappa shape index (κ2) is 5.48. The SMILES string of the molecule is CCN1CCCC1CNS(=O)(=O)c1c(N)ncn1C. The number of sulfonamides is 1. The average Bonchev–Trinajstić information content (AvgIpc) is 2.93. The smallest absolute Gasteiger partial charge is 0.260 e. The second-order valence-corrected chi connectivity index (χ2v) is 6.50. The lowest BCUT2D eigenvalue weighted by Gasteiger charge is -2.22. The van der Waals surface area contributed by atoms with Crippen molar-refractivity contribution in [2.75, 3.05) is 25.4 Å². The fourth-order valence-corrected chi connectivity index (χ4v) is 3.88. The van der Waals surface area contributed by atoms with Crippen LogP contribution in [0.1, 0.15) is 19.8 Å². The van der Waals surface area contributed by atoms with Crippen LogP contribution in [0.15, 0.2) is 11.4 Å². The third kappa shape index (κ3) is 2.90. The fourth-order valence-electron chi connectivity index (χ4n) is 2.58. The highest BCUT2D eigenvalue weighted by Gasteiger charge is 2.27. The van der Waals surface area contributed by atoms with Gasteiger partial charge in [-0.3, -0.25) is 4.90 Å². The van der Waals surface area contributed by atoms with Crippen molar-refractivity contribution >= 4 is 15.8 Å². The summed E-state index contributed by atoms with van der Waals surface area (Å²) in [5.41, 5.74) is 5.60. The first kappa shape index (κ1) is 14.3. The van der Waals surface area contributed by atoms with E-state index >= 15 is 0 Å². The largest absolute Gasteiger partial charge is 0.381 e. The fraction of sp³-hybridized carbons (Fsp3) is 0.727. The van der Waals surface area contributed by atoms with E-state index in [4.69, 9.17) is 5.73 Å². The Morgan fingerprint density at radius 1 is 1.58 bits per heavy atom. The molecule has 0 amide bonds. The van der Waals surface area contributed by atoms with E-state index in [0.717, 1.165) is 25.9 Å². The molecule has 1 unspecified atom stereocenters. The number of hydrogen-bond acceptors (Lipinski definition) is 5. The number of nitrogens with zero attached hydrogens (tertiary/aromatic N) is 3. The van der Waals surface area contributed by atoms with Crippen molar-refractivity contribution in [3.8, 4) is 0 Å². The van der Waals surface area contributed by atoms with Crippen LogP contribution in [0.25, 0.3) is 0 Å². The van der Waals surface area contributed by atoms with Gasteiger partial charge in [0.1, 0.15) is 0 Å². The molecule has 0 saturated carbocycles. The summed E-state index contributed by atoms with van der Waals surface area (Å²) in [6.45, 7) is 4.49. The van der Waals surface area contributed by atoms with Gasteiger partial charge in [0.15, 0.2) is 10.8 Å². The maximum atomic E-state index is 12.2. The summed E-state index contributed by atoms with van der Waals surface area (Å²) in [7, 11) is -1.98. The van der Waals surface area contributed by atoms with Crippen LogP contribution in [-0.2, 0) is 17.1 Å². The van der Waals surface area contributed by atoms with Crippen molar-refractivity contribution in [1.29, 1.82) is 0 Å². The van der Waals surface area contributed by atoms with Gasteiger partial charge in [-0.1, -0.05) is 6.92 Å². The summed E-state index contributed by atoms with van der Waals surface area (Å²) in [6.07, 6.45) is 3.54. The third-order valence-electron chi connectivity index (χ3n) is 3.58. The molecule has 2 heterocycles. The molecule has 0 radical (unpaired) electrons. The zero-order valence-corrected chi connectivity index (χ0v) is 12.2. The van der Waals surface area contributed by atoms with Crippen LogP contribution < -0.4 is 10.5 Å². The number of likely N-dealkylation sites (tertiary alicyclic amines) is 1. The summed E-state index contributed by atoms with van der Waals surface area (Å²) in [5.74, 6) is 0.0359. The molecule has 0 spiro atoms. The number of aromatic nitrogens is 2. The van der Waals surface area contributed by atoms with Crippen molar-refractivity contribution < 1.29 is 8.42 Å². The minimum Gasteiger partial charge on any atom is -0.381 e. The van der Waals surface area contributed by atoms with E-state index in [0.29, 0.717) is 6.54 Å². The summed E-state index contributed by atoms with van der Waals surface area (Å²) < 4.78 is 28.5. The molecule has 19 heavy (non-hydrogen) atoms. The zero-order valence-electron chi connectivity index (χ0n) is 11.3. The first-order valence-corrected chi connectivity index (χ1v) is 7.94. The third-order valence-corrected chi connectivity index (χ3v) is 5.13. The summed E-state index contributed by atoms with van der Waals surface area (Å²) in [6, 6.07) is 0.272. The zero-order chi connectivity index (χ0) is 14.0. The van der Waals surface area contributed by atoms with Gasteiger partial charge < -0.3 is 10.3 Å². The van der Waals surface area contributed by atoms with Crippen LogP contribution in [0.5, 0.6) is 0 Å². The van der Waals surface area contributed by atoms with Crippen LogP contribution in [-0.4, -0.2) is 48.5 Å². The van der Waals surface area contributed by atoms with Gasteiger partial charge in [0.05, 0.1) is 6.33 Å². The number of hydrogen-bond donors (Lipinski definition) is 2. The van der Waals surface area contributed by atoms with Crippen molar-refractivity contribution in [3.05, 3.63) is 6.33 Å². The first-order chi connectivity index (χ1) is 8.95. The lowest BCUT2D eigenvalue weighted by molar-refractivity contribution is 0.268. The monoisotopic (exact) mass is 287 g/mol. The maximum absolute atomic E-state index is 12.2. The number of anilines is 1. The molecule has 8 heteroatoms. The number of rotatable bonds is 5. The van der Waals surface area contributed by atoms with Crippen molar-refractivity contribution in [3.63, 3.8) is 0 Å². The highest BCUT2D eigenvalue weighted by Crippen LogP contribution is 2.18. The predicted octanol–water partition coefficient (Wildman–Crippen LogP) is -0.235. The Labute approximate surface area is 113 Å². The van der Waals surface area contributed by atoms with Gasteiger partial charge in [0.25, 0.3) is 10.0 Å². The second-order valence-electron chi connectivity index (χ2n) is 4.82. The van der Waals surface area contributed by atoms with Crippen LogP contribution in [0.4, 0.5) is 5.82 Å². The van der Waals surface area contributed by atoms with Crippen LogP contribution in [0.2, 0.25) is 0 Å². The predicted molar refractivity (Wildman–Crippen MR) is 73.1 cm³/mol. The number of imidazole rings is 1. The molecule has 7 nitrogen and oxygen atoms in total. The average molecular weight is 287 g/mol. The van der Waals surface area contributed by atoms with E-state index in [-0.39, 0.29) is 16.9 Å². The molecule has 1 aliphatic rings. The summed E-state index contributed by atoms with van der Waals surface area (Å²) in [5, 5.41) is 0.0357. The number of nitrogens with two attached hydrogens (primary N) is 1. The summed E-state index contributed by atoms with van der Waals surface area (Å²) >= 11 is 0. The first-order valence-electron chi connectivity index (χ1n) is 6.46. The molecule has 1 fully saturated rings. The molecule has 1 saturated heterocycles. The van der Waals surface area contributed by atoms with E-state index in [1.54, 1.807) is 7.05 Å². The standard InChI is InChI=1S/C11H21N5O2S/c1-3-16-6-4-5-9(16)7-14-19(17,18)11-10(12)13-8-15(11)2/h8-9,14H,3-7,12H2,1-2H3. The van der Waals surface area contributed by atoms with Crippen molar-refractivity contribution in [1.82, 2.24) is 19.2 Å². The van der Waals surface area contributed by atoms with Gasteiger partial charge in [-0.15, -0.1) is 0 Å². The molecule has 1 aromatic rings. The quantitative estimate of drug-likeness (QED) is 0.780. The van der Waals surface area contributed by atoms with E-state index in [1.807, 2.05) is 0 Å². The van der Waals surface area contributed by atoms with Gasteiger partial charge in [-0.05, 0) is 25.9 Å². The highest BCUT2D eigenvalue weighted by atomic mass is 32.2. The molecule has 0 bridgehead atoms. The number of likely N-dealkylation sites (N-methyl/N-ethyl adjacent to an activating group) is 1. The molecule has 2 rings (SSSR count). The Kier molecular flexibility index (Phi) is 4.12. The van der Waals surface area contributed by atoms with Gasteiger partial charge in [0.2, 0.25) is 0 Å². The lowest BCUT2D eigenvalue weighted by Crippen LogP contribution is -2.40. The maximum Gasteiger partial charge on any atom is 0.260 e. The van der Waals surface area contributed by atoms with Crippen molar-refractivity contribution in [2.24, 2.45) is 7.05 Å². The number of nitrogens with one attached hydrogen (secondary N) is 1. The molecule has 108 valence electrons. The Morgan fingerprint density at radius 3 is 2.89 bits per heavy atom.